The molecule has 0 saturated carbocycles. The van der Waals surface area contributed by atoms with Crippen molar-refractivity contribution in [3.8, 4) is 67.3 Å². The van der Waals surface area contributed by atoms with Crippen molar-refractivity contribution in [1.82, 2.24) is 19.9 Å². The van der Waals surface area contributed by atoms with Crippen LogP contribution in [0.4, 0.5) is 13.2 Å². The standard InChI is InChI=1S/C19H17N.C19H16N.2C11H8N.CHF3O3S.2CH4O.2Ir.2H2/c2*1-2-15-13-19(17-11-7-4-8-12-17)20-14-18(15)16-9-5-3-6-10-16;2*1-2-6-10(7-3-1)11-8-4-5-9-12-11;2-1(3,4)8(5,6)7;2*1-2;;;;/h3-14H,2H2,1H3;3-11,13-14H,2H2,1H3;2*1-6,8-9H;(H,5,6,7);2*2H,1H3;;;2*1H/q;3*-1;;;;;;;/p-1. The molecule has 0 aliphatic carbocycles. The first-order valence-electron chi connectivity index (χ1n) is 23.7. The second kappa shape index (κ2) is 36.8. The maximum atomic E-state index is 10.7. The molecule has 9 nitrogen and oxygen atoms in total. The second-order valence-corrected chi connectivity index (χ2v) is 16.8. The molecule has 4 heterocycles. The van der Waals surface area contributed by atoms with Crippen LogP contribution in [0.3, 0.4) is 0 Å². The van der Waals surface area contributed by atoms with E-state index in [-0.39, 0.29) is 43.1 Å². The van der Waals surface area contributed by atoms with Gasteiger partial charge in [-0.3, -0.25) is 4.98 Å². The Labute approximate surface area is 486 Å². The van der Waals surface area contributed by atoms with Gasteiger partial charge in [0.25, 0.3) is 0 Å². The van der Waals surface area contributed by atoms with Gasteiger partial charge in [-0.2, -0.15) is 13.2 Å². The van der Waals surface area contributed by atoms with E-state index in [0.29, 0.717) is 0 Å². The Morgan fingerprint density at radius 3 is 1.06 bits per heavy atom. The summed E-state index contributed by atoms with van der Waals surface area (Å²) in [5.74, 6) is 0. The van der Waals surface area contributed by atoms with E-state index in [1.54, 1.807) is 12.4 Å². The molecule has 10 aromatic rings. The first kappa shape index (κ1) is 66.9. The predicted octanol–water partition coefficient (Wildman–Crippen LogP) is 14.6. The molecule has 0 aliphatic heterocycles. The quantitative estimate of drug-likeness (QED) is 0.0861. The molecular weight excluding hydrogens is 1370 g/mol. The topological polar surface area (TPSA) is 149 Å². The maximum Gasteiger partial charge on any atom is 0.485 e. The minimum Gasteiger partial charge on any atom is -0.741 e. The number of halogens is 3. The second-order valence-electron chi connectivity index (χ2n) is 15.4. The van der Waals surface area contributed by atoms with Crippen LogP contribution in [-0.2, 0) is 63.2 Å². The third kappa shape index (κ3) is 22.1. The van der Waals surface area contributed by atoms with E-state index in [2.05, 4.69) is 125 Å². The zero-order chi connectivity index (χ0) is 55.0. The van der Waals surface area contributed by atoms with E-state index >= 15 is 0 Å². The fraction of sp³-hybridized carbons (Fsp3) is 0.111. The zero-order valence-electron chi connectivity index (χ0n) is 43.0. The summed E-state index contributed by atoms with van der Waals surface area (Å²) in [4.78, 5) is 17.7. The van der Waals surface area contributed by atoms with Gasteiger partial charge in [-0.1, -0.05) is 135 Å². The van der Waals surface area contributed by atoms with E-state index in [4.69, 9.17) is 23.2 Å². The number of hydrogen-bond acceptors (Lipinski definition) is 9. The number of nitrogens with zero attached hydrogens (tertiary/aromatic N) is 4. The van der Waals surface area contributed by atoms with E-state index in [1.807, 2.05) is 152 Å². The number of aliphatic hydroxyl groups excluding tert-OH is 2. The molecule has 0 unspecified atom stereocenters. The van der Waals surface area contributed by atoms with Crippen molar-refractivity contribution in [2.75, 3.05) is 14.2 Å². The molecule has 0 atom stereocenters. The summed E-state index contributed by atoms with van der Waals surface area (Å²) in [7, 11) is -4.09. The number of benzene rings is 6. The van der Waals surface area contributed by atoms with E-state index in [1.165, 1.54) is 38.9 Å². The molecule has 4 aromatic heterocycles. The summed E-state index contributed by atoms with van der Waals surface area (Å²) < 4.78 is 58.9. The first-order chi connectivity index (χ1) is 36.9. The molecule has 0 amide bonds. The van der Waals surface area contributed by atoms with Gasteiger partial charge < -0.3 is 29.7 Å². The number of alkyl halides is 3. The summed E-state index contributed by atoms with van der Waals surface area (Å²) in [5.41, 5.74) is 10.2. The first-order valence-corrected chi connectivity index (χ1v) is 25.1. The monoisotopic (exact) mass is 1430 g/mol. The number of pyridine rings is 4. The Hall–Kier alpha value is -7.16. The van der Waals surface area contributed by atoms with Gasteiger partial charge in [-0.25, -0.2) is 8.42 Å². The summed E-state index contributed by atoms with van der Waals surface area (Å²) in [5, 5.41) is 14.0. The number of rotatable bonds is 8. The van der Waals surface area contributed by atoms with Gasteiger partial charge in [0.15, 0.2) is 10.1 Å². The average Bonchev–Trinajstić information content (AvgIpc) is 3.50. The summed E-state index contributed by atoms with van der Waals surface area (Å²) in [6.07, 6.45) is 9.55. The van der Waals surface area contributed by atoms with Gasteiger partial charge in [0.05, 0.1) is 5.69 Å². The molecule has 0 saturated heterocycles. The predicted molar refractivity (Wildman–Crippen MR) is 301 cm³/mol. The van der Waals surface area contributed by atoms with Gasteiger partial charge in [0, 0.05) is 98.8 Å². The third-order valence-corrected chi connectivity index (χ3v) is 11.1. The molecule has 412 valence electrons. The fourth-order valence-electron chi connectivity index (χ4n) is 6.95. The molecule has 78 heavy (non-hydrogen) atoms. The molecule has 6 aromatic carbocycles. The molecule has 0 fully saturated rings. The number of aromatic nitrogens is 4. The molecule has 2 radical (unpaired) electrons. The van der Waals surface area contributed by atoms with Crippen LogP contribution in [0.25, 0.3) is 67.3 Å². The largest absolute Gasteiger partial charge is 0.741 e. The summed E-state index contributed by atoms with van der Waals surface area (Å²) in [6.45, 7) is 4.37. The Bertz CT molecular complexity index is 2990. The summed E-state index contributed by atoms with van der Waals surface area (Å²) >= 11 is 0. The van der Waals surface area contributed by atoms with Crippen LogP contribution in [-0.4, -0.2) is 62.8 Å². The number of aryl methyl sites for hydroxylation is 2. The molecule has 0 bridgehead atoms. The maximum absolute atomic E-state index is 10.7. The van der Waals surface area contributed by atoms with Crippen molar-refractivity contribution in [3.05, 3.63) is 266 Å². The van der Waals surface area contributed by atoms with Gasteiger partial charge in [0.2, 0.25) is 0 Å². The van der Waals surface area contributed by atoms with E-state index < -0.39 is 15.6 Å². The Kier molecular flexibility index (Phi) is 31.6. The van der Waals surface area contributed by atoms with E-state index in [9.17, 15) is 13.2 Å². The van der Waals surface area contributed by atoms with Crippen LogP contribution in [0, 0.1) is 18.2 Å². The normalized spacial score (nSPS) is 9.92. The smallest absolute Gasteiger partial charge is 0.485 e. The van der Waals surface area contributed by atoms with Crippen molar-refractivity contribution in [1.29, 1.82) is 0 Å². The zero-order valence-corrected chi connectivity index (χ0v) is 48.7. The molecule has 2 N–H and O–H groups in total. The molecule has 15 heteroatoms. The van der Waals surface area contributed by atoms with Crippen LogP contribution < -0.4 is 0 Å². The van der Waals surface area contributed by atoms with Crippen molar-refractivity contribution in [3.63, 3.8) is 0 Å². The Morgan fingerprint density at radius 2 is 0.756 bits per heavy atom. The third-order valence-electron chi connectivity index (χ3n) is 10.5. The number of hydrogen-bond donors (Lipinski definition) is 2. The number of aliphatic hydroxyl groups is 2. The molecular formula is C63H61F3Ir2N4O5S-4. The molecule has 0 aliphatic rings. The van der Waals surface area contributed by atoms with Crippen molar-refractivity contribution < 1.29 is 79.4 Å². The van der Waals surface area contributed by atoms with E-state index in [0.717, 1.165) is 66.5 Å². The van der Waals surface area contributed by atoms with Gasteiger partial charge in [0.1, 0.15) is 0 Å². The van der Waals surface area contributed by atoms with Crippen molar-refractivity contribution >= 4 is 10.1 Å². The Morgan fingerprint density at radius 1 is 0.449 bits per heavy atom. The SMILES string of the molecule is CCc1cc(-c2[c-]cccc2)ncc1-c1ccccc1.CCc1cc(-c2ccccc2)ncc1-c1ccccc1.CO.CO.O=S(=O)([O-])C(F)(F)F.[HH].[HH].[Ir].[Ir].[c-]1ccccc1-c1ccccn1.[c-]1ccccc1-c1ccccn1. The fourth-order valence-corrected chi connectivity index (χ4v) is 6.95. The van der Waals surface area contributed by atoms with Gasteiger partial charge in [-0.15, -0.1) is 108 Å². The minimum absolute atomic E-state index is 0. The van der Waals surface area contributed by atoms with Crippen molar-refractivity contribution in [2.45, 2.75) is 32.2 Å². The van der Waals surface area contributed by atoms with Crippen LogP contribution >= 0.6 is 0 Å². The van der Waals surface area contributed by atoms with Crippen LogP contribution in [0.15, 0.2) is 237 Å². The molecule has 0 spiro atoms. The minimum atomic E-state index is -6.09. The van der Waals surface area contributed by atoms with Crippen molar-refractivity contribution in [2.24, 2.45) is 0 Å². The average molecular weight is 1430 g/mol. The summed E-state index contributed by atoms with van der Waals surface area (Å²) in [6, 6.07) is 80.4. The Balaban J connectivity index is 0.000000978. The van der Waals surface area contributed by atoms with Gasteiger partial charge >= 0.3 is 5.51 Å². The van der Waals surface area contributed by atoms with Gasteiger partial charge in [-0.05, 0) is 70.4 Å². The van der Waals surface area contributed by atoms with Crippen LogP contribution in [0.2, 0.25) is 0 Å². The van der Waals surface area contributed by atoms with Crippen LogP contribution in [0.5, 0.6) is 0 Å². The van der Waals surface area contributed by atoms with Crippen LogP contribution in [0.1, 0.15) is 27.8 Å². The molecule has 10 rings (SSSR count).